The Bertz CT molecular complexity index is 580. The SMILES string of the molecule is CCCCc1ccccc1[O][SnH]([O][SnH3])[O]c1ccccc1CCCC. The molecule has 0 aliphatic heterocycles. The van der Waals surface area contributed by atoms with Gasteiger partial charge in [0.1, 0.15) is 0 Å². The second kappa shape index (κ2) is 12.1. The van der Waals surface area contributed by atoms with Crippen LogP contribution in [0.15, 0.2) is 48.5 Å². The van der Waals surface area contributed by atoms with Crippen LogP contribution < -0.4 is 6.15 Å². The summed E-state index contributed by atoms with van der Waals surface area (Å²) in [5, 5.41) is 0. The van der Waals surface area contributed by atoms with Gasteiger partial charge in [0.2, 0.25) is 0 Å². The molecule has 0 aromatic heterocycles. The maximum absolute atomic E-state index is 6.27. The third-order valence-electron chi connectivity index (χ3n) is 4.18. The van der Waals surface area contributed by atoms with Crippen molar-refractivity contribution in [2.45, 2.75) is 52.4 Å². The molecular formula is C20H30O3Sn2. The molecule has 0 saturated heterocycles. The molecule has 0 saturated carbocycles. The summed E-state index contributed by atoms with van der Waals surface area (Å²) in [4.78, 5) is 0. The molecule has 2 rings (SSSR count). The normalized spacial score (nSPS) is 11.0. The molecule has 5 heteroatoms. The number of para-hydroxylation sites is 2. The first-order chi connectivity index (χ1) is 12.3. The first kappa shape index (κ1) is 20.9. The topological polar surface area (TPSA) is 27.7 Å². The molecule has 0 fully saturated rings. The standard InChI is InChI=1S/2C10H14O.O.2Sn.4H/c2*1-2-3-6-9-7-4-5-8-10(9)11;;;;;;;/h2*4-5,7-8,11H,2-3,6H2,1H3;;;;;;;/q;;;;+2;;;;/p-2. The van der Waals surface area contributed by atoms with E-state index in [-0.39, 0.29) is 22.9 Å². The van der Waals surface area contributed by atoms with Crippen LogP contribution >= 0.6 is 0 Å². The van der Waals surface area contributed by atoms with E-state index in [1.807, 2.05) is 12.1 Å². The van der Waals surface area contributed by atoms with Crippen LogP contribution in [0.25, 0.3) is 0 Å². The van der Waals surface area contributed by atoms with Crippen molar-refractivity contribution in [3.05, 3.63) is 59.7 Å². The van der Waals surface area contributed by atoms with Crippen molar-refractivity contribution in [3.63, 3.8) is 0 Å². The van der Waals surface area contributed by atoms with Crippen LogP contribution in [0.4, 0.5) is 0 Å². The quantitative estimate of drug-likeness (QED) is 0.395. The summed E-state index contributed by atoms with van der Waals surface area (Å²) in [6.07, 6.45) is 6.81. The third-order valence-corrected chi connectivity index (χ3v) is 15.2. The molecule has 0 heterocycles. The predicted molar refractivity (Wildman–Crippen MR) is 110 cm³/mol. The van der Waals surface area contributed by atoms with Crippen molar-refractivity contribution in [3.8, 4) is 11.5 Å². The van der Waals surface area contributed by atoms with Crippen LogP contribution in [0, 0.1) is 0 Å². The van der Waals surface area contributed by atoms with Crippen molar-refractivity contribution in [2.75, 3.05) is 0 Å². The second-order valence-corrected chi connectivity index (χ2v) is 19.5. The van der Waals surface area contributed by atoms with E-state index in [9.17, 15) is 0 Å². The summed E-state index contributed by atoms with van der Waals surface area (Å²) < 4.78 is 18.4. The van der Waals surface area contributed by atoms with Gasteiger partial charge in [-0.2, -0.15) is 0 Å². The zero-order valence-corrected chi connectivity index (χ0v) is 24.7. The molecule has 0 spiro atoms. The molecule has 0 N–H and O–H groups in total. The van der Waals surface area contributed by atoms with E-state index < -0.39 is 21.0 Å². The molecule has 2 aromatic carbocycles. The molecule has 0 amide bonds. The first-order valence-electron chi connectivity index (χ1n) is 9.30. The molecule has 2 aromatic rings. The van der Waals surface area contributed by atoms with Gasteiger partial charge < -0.3 is 0 Å². The minimum atomic E-state index is -2.98. The van der Waals surface area contributed by atoms with E-state index in [4.69, 9.17) is 7.56 Å². The van der Waals surface area contributed by atoms with Crippen molar-refractivity contribution in [1.82, 2.24) is 0 Å². The monoisotopic (exact) mass is 558 g/mol. The van der Waals surface area contributed by atoms with E-state index in [2.05, 4.69) is 50.2 Å². The minimum absolute atomic E-state index is 0.0967. The Morgan fingerprint density at radius 1 is 0.760 bits per heavy atom. The van der Waals surface area contributed by atoms with E-state index >= 15 is 0 Å². The van der Waals surface area contributed by atoms with E-state index in [0.29, 0.717) is 0 Å². The number of aryl methyl sites for hydroxylation is 2. The number of unbranched alkanes of at least 4 members (excludes halogenated alkanes) is 2. The van der Waals surface area contributed by atoms with Gasteiger partial charge in [0.05, 0.1) is 0 Å². The van der Waals surface area contributed by atoms with Gasteiger partial charge in [0.25, 0.3) is 0 Å². The number of rotatable bonds is 11. The molecule has 0 aliphatic carbocycles. The van der Waals surface area contributed by atoms with Gasteiger partial charge in [0.15, 0.2) is 0 Å². The van der Waals surface area contributed by atoms with Gasteiger partial charge in [-0.1, -0.05) is 0 Å². The molecule has 136 valence electrons. The molecule has 0 bridgehead atoms. The summed E-state index contributed by atoms with van der Waals surface area (Å²) in [6.45, 7) is 4.43. The predicted octanol–water partition coefficient (Wildman–Crippen LogP) is 3.84. The average Bonchev–Trinajstić information content (AvgIpc) is 2.66. The Kier molecular flexibility index (Phi) is 10.1. The second-order valence-electron chi connectivity index (χ2n) is 6.18. The fourth-order valence-corrected chi connectivity index (χ4v) is 9.58. The summed E-state index contributed by atoms with van der Waals surface area (Å²) in [6, 6.07) is 16.6. The molecule has 0 radical (unpaired) electrons. The number of benzene rings is 2. The Balaban J connectivity index is 2.09. The molecule has 3 nitrogen and oxygen atoms in total. The van der Waals surface area contributed by atoms with Crippen molar-refractivity contribution >= 4 is 43.9 Å². The molecular weight excluding hydrogens is 526 g/mol. The molecule has 0 aliphatic rings. The van der Waals surface area contributed by atoms with E-state index in [0.717, 1.165) is 24.3 Å². The van der Waals surface area contributed by atoms with Crippen LogP contribution in [-0.4, -0.2) is 43.9 Å². The Morgan fingerprint density at radius 2 is 1.20 bits per heavy atom. The van der Waals surface area contributed by atoms with E-state index in [1.165, 1.54) is 36.8 Å². The fraction of sp³-hybridized carbons (Fsp3) is 0.400. The Labute approximate surface area is 174 Å². The van der Waals surface area contributed by atoms with Gasteiger partial charge in [0, 0.05) is 0 Å². The molecule has 0 atom stereocenters. The zero-order valence-electron chi connectivity index (χ0n) is 15.7. The van der Waals surface area contributed by atoms with E-state index in [1.54, 1.807) is 0 Å². The van der Waals surface area contributed by atoms with Crippen molar-refractivity contribution < 1.29 is 7.56 Å². The van der Waals surface area contributed by atoms with Gasteiger partial charge in [-0.05, 0) is 0 Å². The molecule has 25 heavy (non-hydrogen) atoms. The first-order valence-corrected chi connectivity index (χ1v) is 15.7. The van der Waals surface area contributed by atoms with Gasteiger partial charge in [-0.3, -0.25) is 0 Å². The van der Waals surface area contributed by atoms with Gasteiger partial charge in [-0.25, -0.2) is 0 Å². The number of hydrogen-bond donors (Lipinski definition) is 0. The summed E-state index contributed by atoms with van der Waals surface area (Å²) in [5.41, 5.74) is 2.53. The zero-order chi connectivity index (χ0) is 17.9. The van der Waals surface area contributed by atoms with Crippen molar-refractivity contribution in [1.29, 1.82) is 0 Å². The Morgan fingerprint density at radius 3 is 1.60 bits per heavy atom. The third kappa shape index (κ3) is 7.02. The van der Waals surface area contributed by atoms with Gasteiger partial charge in [-0.15, -0.1) is 0 Å². The average molecular weight is 556 g/mol. The fourth-order valence-electron chi connectivity index (χ4n) is 2.71. The Hall–Kier alpha value is -0.403. The van der Waals surface area contributed by atoms with Crippen molar-refractivity contribution in [2.24, 2.45) is 0 Å². The summed E-state index contributed by atoms with van der Waals surface area (Å²) in [7, 11) is 0. The van der Waals surface area contributed by atoms with Crippen LogP contribution in [-0.2, 0) is 14.3 Å². The summed E-state index contributed by atoms with van der Waals surface area (Å²) >= 11 is -2.88. The van der Waals surface area contributed by atoms with Crippen LogP contribution in [0.3, 0.4) is 0 Å². The van der Waals surface area contributed by atoms with Crippen LogP contribution in [0.1, 0.15) is 50.7 Å². The maximum atomic E-state index is 6.27. The molecule has 0 unspecified atom stereocenters. The number of hydrogen-bond acceptors (Lipinski definition) is 3. The summed E-state index contributed by atoms with van der Waals surface area (Å²) in [5.74, 6) is 1.91. The van der Waals surface area contributed by atoms with Gasteiger partial charge >= 0.3 is 175 Å². The van der Waals surface area contributed by atoms with Crippen LogP contribution in [0.5, 0.6) is 11.5 Å². The van der Waals surface area contributed by atoms with Crippen LogP contribution in [0.2, 0.25) is 0 Å².